The maximum absolute atomic E-state index is 14.2. The second kappa shape index (κ2) is 19.6. The first-order valence-corrected chi connectivity index (χ1v) is 20.1. The van der Waals surface area contributed by atoms with E-state index >= 15 is 0 Å². The van der Waals surface area contributed by atoms with E-state index in [2.05, 4.69) is 6.58 Å². The number of hydrogen-bond donors (Lipinski definition) is 5. The summed E-state index contributed by atoms with van der Waals surface area (Å²) in [4.78, 5) is 56.8. The van der Waals surface area contributed by atoms with Crippen molar-refractivity contribution in [2.75, 3.05) is 13.7 Å². The van der Waals surface area contributed by atoms with Crippen LogP contribution in [-0.2, 0) is 33.4 Å². The normalized spacial score (nSPS) is 42.0. The number of fused-ring (bicyclic) bond motifs is 3. The second-order valence-electron chi connectivity index (χ2n) is 16.9. The molecule has 4 aliphatic rings. The predicted molar refractivity (Wildman–Crippen MR) is 203 cm³/mol. The van der Waals surface area contributed by atoms with Crippen molar-refractivity contribution in [2.45, 2.75) is 160 Å². The Hall–Kier alpha value is -2.78. The van der Waals surface area contributed by atoms with Crippen LogP contribution in [0, 0.1) is 29.6 Å². The van der Waals surface area contributed by atoms with E-state index < -0.39 is 83.9 Å². The third kappa shape index (κ3) is 10.8. The first-order chi connectivity index (χ1) is 25.9. The smallest absolute Gasteiger partial charge is 0.329 e. The van der Waals surface area contributed by atoms with Gasteiger partial charge in [-0.3, -0.25) is 14.4 Å². The van der Waals surface area contributed by atoms with Crippen molar-refractivity contribution >= 4 is 23.4 Å². The molecule has 55 heavy (non-hydrogen) atoms. The van der Waals surface area contributed by atoms with Crippen LogP contribution in [0.1, 0.15) is 105 Å². The molecule has 4 rings (SSSR count). The summed E-state index contributed by atoms with van der Waals surface area (Å²) in [5, 5.41) is 55.7. The summed E-state index contributed by atoms with van der Waals surface area (Å²) in [5.74, 6) is -8.41. The van der Waals surface area contributed by atoms with E-state index in [1.165, 1.54) is 6.92 Å². The molecule has 13 nitrogen and oxygen atoms in total. The second-order valence-corrected chi connectivity index (χ2v) is 16.9. The van der Waals surface area contributed by atoms with Crippen LogP contribution >= 0.6 is 0 Å². The highest BCUT2D eigenvalue weighted by Gasteiger charge is 2.57. The molecule has 1 amide bonds. The number of methoxy groups -OCH3 is 1. The molecule has 0 aromatic carbocycles. The fraction of sp³-hybridized carbons (Fsp3) is 0.762. The van der Waals surface area contributed by atoms with Gasteiger partial charge in [-0.1, -0.05) is 44.6 Å². The highest BCUT2D eigenvalue weighted by Crippen LogP contribution is 2.39. The lowest BCUT2D eigenvalue weighted by atomic mass is 9.81. The van der Waals surface area contributed by atoms with Crippen LogP contribution in [0.5, 0.6) is 0 Å². The summed E-state index contributed by atoms with van der Waals surface area (Å²) in [6.07, 6.45) is 2.08. The van der Waals surface area contributed by atoms with Gasteiger partial charge in [0.15, 0.2) is 0 Å². The van der Waals surface area contributed by atoms with Crippen LogP contribution < -0.4 is 0 Å². The van der Waals surface area contributed by atoms with Gasteiger partial charge in [0.2, 0.25) is 5.79 Å². The molecule has 0 aromatic rings. The highest BCUT2D eigenvalue weighted by atomic mass is 16.6. The number of ether oxygens (including phenoxy) is 3. The Balaban J connectivity index is 1.73. The van der Waals surface area contributed by atoms with Crippen LogP contribution in [0.15, 0.2) is 36.0 Å². The van der Waals surface area contributed by atoms with Crippen molar-refractivity contribution < 1.29 is 58.9 Å². The number of esters is 1. The van der Waals surface area contributed by atoms with Crippen molar-refractivity contribution in [3.63, 3.8) is 0 Å². The largest absolute Gasteiger partial charge is 0.456 e. The first-order valence-electron chi connectivity index (χ1n) is 20.1. The molecule has 0 spiro atoms. The van der Waals surface area contributed by atoms with E-state index in [0.29, 0.717) is 50.5 Å². The molecule has 5 N–H and O–H groups in total. The SMILES string of the molecule is C=CCC1/C=C(\C)CC(C)CC(O)C(O)C2CC(C)C(O)(O2)C(=O)C(=O)N2CCCCC2C(=O)OC(/C(C)=C/C2CCC(O)C(OC)C2)C(C)C(O)CC1=O. The van der Waals surface area contributed by atoms with Crippen LogP contribution in [0.25, 0.3) is 0 Å². The molecule has 14 atom stereocenters. The van der Waals surface area contributed by atoms with Gasteiger partial charge >= 0.3 is 5.97 Å². The Labute approximate surface area is 325 Å². The Bertz CT molecular complexity index is 1440. The van der Waals surface area contributed by atoms with Gasteiger partial charge < -0.3 is 44.6 Å². The van der Waals surface area contributed by atoms with Crippen molar-refractivity contribution in [1.29, 1.82) is 0 Å². The summed E-state index contributed by atoms with van der Waals surface area (Å²) in [6.45, 7) is 12.7. The Morgan fingerprint density at radius 1 is 0.982 bits per heavy atom. The van der Waals surface area contributed by atoms with Crippen LogP contribution in [0.2, 0.25) is 0 Å². The minimum absolute atomic E-state index is 0.00351. The monoisotopic (exact) mass is 775 g/mol. The minimum Gasteiger partial charge on any atom is -0.456 e. The van der Waals surface area contributed by atoms with Gasteiger partial charge in [-0.2, -0.15) is 0 Å². The molecule has 310 valence electrons. The van der Waals surface area contributed by atoms with Crippen molar-refractivity contribution in [1.82, 2.24) is 4.90 Å². The molecule has 2 bridgehead atoms. The van der Waals surface area contributed by atoms with Gasteiger partial charge in [-0.05, 0) is 95.5 Å². The number of aliphatic hydroxyl groups is 5. The molecule has 2 saturated heterocycles. The number of carbonyl (C=O) groups excluding carboxylic acids is 4. The van der Waals surface area contributed by atoms with Gasteiger partial charge in [-0.15, -0.1) is 6.58 Å². The quantitative estimate of drug-likeness (QED) is 0.155. The molecular formula is C42H65NO12. The number of cyclic esters (lactones) is 1. The fourth-order valence-electron chi connectivity index (χ4n) is 8.99. The maximum atomic E-state index is 14.2. The van der Waals surface area contributed by atoms with Crippen molar-refractivity contribution in [3.8, 4) is 0 Å². The standard InChI is InChI=1S/C42H65NO12/c1-8-11-29-17-23(2)16-24(3)18-34(47)37(48)36-20-26(5)42(52,55-36)39(49)40(50)43-15-10-9-12-30(43)41(51)54-38(27(6)32(45)22-33(29)46)25(4)19-28-13-14-31(44)35(21-28)53-7/h8,17,19,24,26-32,34-38,44-45,47-48,52H,1,9-16,18,20-22H2,2-7H3/b23-17+,25-19+. The van der Waals surface area contributed by atoms with Gasteiger partial charge in [0, 0.05) is 37.8 Å². The Morgan fingerprint density at radius 3 is 2.36 bits per heavy atom. The van der Waals surface area contributed by atoms with Crippen LogP contribution in [0.4, 0.5) is 0 Å². The molecule has 1 aliphatic carbocycles. The molecule has 3 aliphatic heterocycles. The number of Topliss-reactive ketones (excluding diaryl/α,β-unsaturated/α-hetero) is 2. The number of carbonyl (C=O) groups is 4. The lowest BCUT2D eigenvalue weighted by molar-refractivity contribution is -0.224. The average molecular weight is 776 g/mol. The van der Waals surface area contributed by atoms with Gasteiger partial charge in [0.1, 0.15) is 24.0 Å². The van der Waals surface area contributed by atoms with Crippen LogP contribution in [0.3, 0.4) is 0 Å². The highest BCUT2D eigenvalue weighted by molar-refractivity contribution is 6.39. The van der Waals surface area contributed by atoms with E-state index in [-0.39, 0.29) is 56.0 Å². The van der Waals surface area contributed by atoms with E-state index in [9.17, 15) is 44.7 Å². The first kappa shape index (κ1) is 44.9. The fourth-order valence-corrected chi connectivity index (χ4v) is 8.99. The summed E-state index contributed by atoms with van der Waals surface area (Å²) < 4.78 is 17.4. The zero-order chi connectivity index (χ0) is 40.8. The Morgan fingerprint density at radius 2 is 1.69 bits per heavy atom. The lowest BCUT2D eigenvalue weighted by Crippen LogP contribution is -2.57. The molecule has 3 heterocycles. The van der Waals surface area contributed by atoms with Gasteiger partial charge in [0.05, 0.1) is 30.5 Å². The number of allylic oxidation sites excluding steroid dienone is 4. The predicted octanol–water partition coefficient (Wildman–Crippen LogP) is 3.33. The van der Waals surface area contributed by atoms with E-state index in [1.807, 2.05) is 26.0 Å². The van der Waals surface area contributed by atoms with E-state index in [1.54, 1.807) is 27.0 Å². The third-order valence-corrected chi connectivity index (χ3v) is 12.3. The molecule has 1 saturated carbocycles. The van der Waals surface area contributed by atoms with Crippen molar-refractivity contribution in [2.24, 2.45) is 29.6 Å². The molecule has 0 radical (unpaired) electrons. The zero-order valence-electron chi connectivity index (χ0n) is 33.5. The topological polar surface area (TPSA) is 200 Å². The molecule has 0 aromatic heterocycles. The lowest BCUT2D eigenvalue weighted by Gasteiger charge is -2.38. The van der Waals surface area contributed by atoms with Crippen molar-refractivity contribution in [3.05, 3.63) is 36.0 Å². The van der Waals surface area contributed by atoms with Crippen LogP contribution in [-0.4, -0.2) is 122 Å². The molecule has 13 heteroatoms. The third-order valence-electron chi connectivity index (χ3n) is 12.3. The van der Waals surface area contributed by atoms with Gasteiger partial charge in [0.25, 0.3) is 11.7 Å². The molecule has 3 fully saturated rings. The number of ketones is 2. The number of nitrogens with zero attached hydrogens (tertiary/aromatic N) is 1. The Kier molecular flexibility index (Phi) is 16.0. The number of rotatable bonds is 5. The summed E-state index contributed by atoms with van der Waals surface area (Å²) in [7, 11) is 1.55. The number of amides is 1. The molecule has 14 unspecified atom stereocenters. The maximum Gasteiger partial charge on any atom is 0.329 e. The summed E-state index contributed by atoms with van der Waals surface area (Å²) >= 11 is 0. The number of piperidine rings is 1. The average Bonchev–Trinajstić information content (AvgIpc) is 3.46. The summed E-state index contributed by atoms with van der Waals surface area (Å²) in [6, 6.07) is -1.18. The van der Waals surface area contributed by atoms with E-state index in [4.69, 9.17) is 14.2 Å². The number of aliphatic hydroxyl groups excluding tert-OH is 4. The molecular weight excluding hydrogens is 710 g/mol. The zero-order valence-corrected chi connectivity index (χ0v) is 33.5. The van der Waals surface area contributed by atoms with Gasteiger partial charge in [-0.25, -0.2) is 4.79 Å². The minimum atomic E-state index is -2.59. The van der Waals surface area contributed by atoms with E-state index in [0.717, 1.165) is 10.5 Å². The number of hydrogen-bond acceptors (Lipinski definition) is 12. The summed E-state index contributed by atoms with van der Waals surface area (Å²) in [5.41, 5.74) is 1.50.